The molecule has 0 aliphatic carbocycles. The first kappa shape index (κ1) is 16.1. The predicted octanol–water partition coefficient (Wildman–Crippen LogP) is 3.16. The molecule has 122 valence electrons. The summed E-state index contributed by atoms with van der Waals surface area (Å²) in [7, 11) is 0. The van der Waals surface area contributed by atoms with Gasteiger partial charge in [0, 0.05) is 29.4 Å². The third-order valence-corrected chi connectivity index (χ3v) is 5.88. The molecule has 2 aromatic rings. The normalized spacial score (nSPS) is 20.1. The van der Waals surface area contributed by atoms with Crippen LogP contribution in [0.4, 0.5) is 5.13 Å². The third kappa shape index (κ3) is 3.45. The van der Waals surface area contributed by atoms with Crippen LogP contribution in [0.2, 0.25) is 0 Å². The van der Waals surface area contributed by atoms with Crippen molar-refractivity contribution >= 4 is 39.6 Å². The van der Waals surface area contributed by atoms with E-state index in [0.29, 0.717) is 24.5 Å². The molecule has 1 aliphatic rings. The average Bonchev–Trinajstić information content (AvgIpc) is 3.18. The second-order valence-corrected chi connectivity index (χ2v) is 7.72. The maximum Gasteiger partial charge on any atom is 0.251 e. The molecule has 0 bridgehead atoms. The van der Waals surface area contributed by atoms with Crippen molar-refractivity contribution in [1.82, 2.24) is 9.88 Å². The molecule has 1 fully saturated rings. The fraction of sp³-hybridized carbons (Fsp3) is 0.438. The molecular formula is C16H19N3O2S2. The molecule has 0 radical (unpaired) electrons. The number of likely N-dealkylation sites (tertiary alicyclic amines) is 1. The zero-order chi connectivity index (χ0) is 16.3. The quantitative estimate of drug-likeness (QED) is 0.871. The van der Waals surface area contributed by atoms with Crippen molar-refractivity contribution in [3.8, 4) is 0 Å². The lowest BCUT2D eigenvalue weighted by Gasteiger charge is -2.49. The van der Waals surface area contributed by atoms with Crippen molar-refractivity contribution in [3.63, 3.8) is 0 Å². The van der Waals surface area contributed by atoms with Crippen LogP contribution in [-0.4, -0.2) is 33.8 Å². The number of nitrogens with zero attached hydrogens (tertiary/aromatic N) is 2. The van der Waals surface area contributed by atoms with Gasteiger partial charge in [-0.1, -0.05) is 6.07 Å². The van der Waals surface area contributed by atoms with Gasteiger partial charge >= 0.3 is 0 Å². The van der Waals surface area contributed by atoms with Gasteiger partial charge in [-0.15, -0.1) is 22.7 Å². The molecule has 0 saturated carbocycles. The maximum atomic E-state index is 12.5. The first-order valence-corrected chi connectivity index (χ1v) is 9.39. The summed E-state index contributed by atoms with van der Waals surface area (Å²) in [5, 5.41) is 7.24. The third-order valence-electron chi connectivity index (χ3n) is 4.25. The molecule has 0 spiro atoms. The second-order valence-electron chi connectivity index (χ2n) is 5.79. The van der Waals surface area contributed by atoms with E-state index in [2.05, 4.69) is 16.4 Å². The minimum Gasteiger partial charge on any atom is -0.328 e. The molecule has 1 N–H and O–H groups in total. The molecule has 1 atom stereocenters. The number of carbonyl (C=O) groups is 2. The van der Waals surface area contributed by atoms with E-state index < -0.39 is 5.54 Å². The van der Waals surface area contributed by atoms with Crippen LogP contribution >= 0.6 is 22.7 Å². The maximum absolute atomic E-state index is 12.5. The fourth-order valence-electron chi connectivity index (χ4n) is 2.72. The van der Waals surface area contributed by atoms with Crippen molar-refractivity contribution in [1.29, 1.82) is 0 Å². The van der Waals surface area contributed by atoms with Gasteiger partial charge in [0.2, 0.25) is 5.91 Å². The molecule has 1 saturated heterocycles. The van der Waals surface area contributed by atoms with Crippen molar-refractivity contribution in [3.05, 3.63) is 34.0 Å². The highest BCUT2D eigenvalue weighted by Gasteiger charge is 2.49. The lowest BCUT2D eigenvalue weighted by atomic mass is 9.85. The number of nitrogens with one attached hydrogen (secondary N) is 1. The fourth-order valence-corrected chi connectivity index (χ4v) is 3.99. The lowest BCUT2D eigenvalue weighted by Crippen LogP contribution is -2.66. The molecule has 2 aromatic heterocycles. The first-order valence-electron chi connectivity index (χ1n) is 7.63. The van der Waals surface area contributed by atoms with Gasteiger partial charge in [0.05, 0.1) is 0 Å². The van der Waals surface area contributed by atoms with Crippen LogP contribution in [0.1, 0.15) is 31.1 Å². The lowest BCUT2D eigenvalue weighted by molar-refractivity contribution is -0.154. The Balaban J connectivity index is 1.52. The Morgan fingerprint density at radius 2 is 2.26 bits per heavy atom. The Morgan fingerprint density at radius 1 is 1.39 bits per heavy atom. The minimum atomic E-state index is -0.744. The van der Waals surface area contributed by atoms with Crippen LogP contribution < -0.4 is 5.32 Å². The molecule has 7 heteroatoms. The number of aryl methyl sites for hydroxylation is 1. The number of aromatic nitrogens is 1. The monoisotopic (exact) mass is 349 g/mol. The molecule has 0 aromatic carbocycles. The topological polar surface area (TPSA) is 62.3 Å². The van der Waals surface area contributed by atoms with Crippen LogP contribution in [0.15, 0.2) is 29.1 Å². The number of carbonyl (C=O) groups excluding carboxylic acids is 2. The van der Waals surface area contributed by atoms with Gasteiger partial charge < -0.3 is 4.90 Å². The Labute approximate surface area is 143 Å². The summed E-state index contributed by atoms with van der Waals surface area (Å²) in [6, 6.07) is 4.11. The highest BCUT2D eigenvalue weighted by Crippen LogP contribution is 2.32. The second kappa shape index (κ2) is 6.80. The molecule has 2 amide bonds. The van der Waals surface area contributed by atoms with E-state index in [1.54, 1.807) is 22.4 Å². The Morgan fingerprint density at radius 3 is 2.87 bits per heavy atom. The van der Waals surface area contributed by atoms with Crippen LogP contribution in [0.3, 0.4) is 0 Å². The number of hydrogen-bond acceptors (Lipinski definition) is 5. The minimum absolute atomic E-state index is 0.0598. The van der Waals surface area contributed by atoms with Crippen molar-refractivity contribution in [2.24, 2.45) is 0 Å². The summed E-state index contributed by atoms with van der Waals surface area (Å²) in [6.45, 7) is 2.48. The highest BCUT2D eigenvalue weighted by molar-refractivity contribution is 7.13. The number of rotatable bonds is 6. The van der Waals surface area contributed by atoms with E-state index in [-0.39, 0.29) is 11.8 Å². The molecule has 3 heterocycles. The van der Waals surface area contributed by atoms with E-state index in [4.69, 9.17) is 0 Å². The number of thiazole rings is 1. The molecular weight excluding hydrogens is 330 g/mol. The summed E-state index contributed by atoms with van der Waals surface area (Å²) < 4.78 is 0. The summed E-state index contributed by atoms with van der Waals surface area (Å²) in [4.78, 5) is 31.9. The van der Waals surface area contributed by atoms with Crippen molar-refractivity contribution in [2.45, 2.75) is 38.1 Å². The van der Waals surface area contributed by atoms with Gasteiger partial charge in [0.15, 0.2) is 5.13 Å². The SMILES string of the molecule is CC1(C(=O)Nc2nccs2)CCN1C(=O)CCCc1cccs1. The summed E-state index contributed by atoms with van der Waals surface area (Å²) in [6.07, 6.45) is 4.56. The predicted molar refractivity (Wildman–Crippen MR) is 92.7 cm³/mol. The Bertz CT molecular complexity index is 670. The number of hydrogen-bond donors (Lipinski definition) is 1. The molecule has 1 unspecified atom stereocenters. The first-order chi connectivity index (χ1) is 11.1. The molecule has 3 rings (SSSR count). The molecule has 5 nitrogen and oxygen atoms in total. The summed E-state index contributed by atoms with van der Waals surface area (Å²) >= 11 is 3.09. The zero-order valence-electron chi connectivity index (χ0n) is 12.9. The molecule has 1 aliphatic heterocycles. The number of amides is 2. The van der Waals surface area contributed by atoms with E-state index in [9.17, 15) is 9.59 Å². The van der Waals surface area contributed by atoms with Gasteiger partial charge in [0.25, 0.3) is 5.91 Å². The summed E-state index contributed by atoms with van der Waals surface area (Å²) in [5.74, 6) is -0.0881. The van der Waals surface area contributed by atoms with Gasteiger partial charge in [0.1, 0.15) is 5.54 Å². The number of thiophene rings is 1. The van der Waals surface area contributed by atoms with Gasteiger partial charge in [-0.25, -0.2) is 4.98 Å². The largest absolute Gasteiger partial charge is 0.328 e. The van der Waals surface area contributed by atoms with Gasteiger partial charge in [-0.3, -0.25) is 14.9 Å². The zero-order valence-corrected chi connectivity index (χ0v) is 14.6. The van der Waals surface area contributed by atoms with Gasteiger partial charge in [-0.05, 0) is 37.6 Å². The van der Waals surface area contributed by atoms with E-state index >= 15 is 0 Å². The van der Waals surface area contributed by atoms with E-state index in [1.165, 1.54) is 16.2 Å². The van der Waals surface area contributed by atoms with Crippen LogP contribution in [0.25, 0.3) is 0 Å². The Hall–Kier alpha value is -1.73. The number of anilines is 1. The van der Waals surface area contributed by atoms with Crippen LogP contribution in [0.5, 0.6) is 0 Å². The Kier molecular flexibility index (Phi) is 4.77. The smallest absolute Gasteiger partial charge is 0.251 e. The standard InChI is InChI=1S/C16H19N3O2S2/c1-16(14(21)18-15-17-8-11-23-15)7-9-19(16)13(20)6-2-4-12-5-3-10-22-12/h3,5,8,10-11H,2,4,6-7,9H2,1H3,(H,17,18,21). The van der Waals surface area contributed by atoms with E-state index in [1.807, 2.05) is 23.8 Å². The summed E-state index contributed by atoms with van der Waals surface area (Å²) in [5.41, 5.74) is -0.744. The van der Waals surface area contributed by atoms with Crippen LogP contribution in [0, 0.1) is 0 Å². The van der Waals surface area contributed by atoms with Crippen LogP contribution in [-0.2, 0) is 16.0 Å². The van der Waals surface area contributed by atoms with E-state index in [0.717, 1.165) is 12.8 Å². The van der Waals surface area contributed by atoms with Crippen molar-refractivity contribution < 1.29 is 9.59 Å². The average molecular weight is 349 g/mol. The van der Waals surface area contributed by atoms with Crippen molar-refractivity contribution in [2.75, 3.05) is 11.9 Å². The highest BCUT2D eigenvalue weighted by atomic mass is 32.1. The molecule has 23 heavy (non-hydrogen) atoms. The van der Waals surface area contributed by atoms with Gasteiger partial charge in [-0.2, -0.15) is 0 Å².